The Morgan fingerprint density at radius 2 is 2.13 bits per heavy atom. The smallest absolute Gasteiger partial charge is 0.312 e. The Labute approximate surface area is 135 Å². The second-order valence-electron chi connectivity index (χ2n) is 5.63. The Bertz CT molecular complexity index is 690. The van der Waals surface area contributed by atoms with Crippen LogP contribution in [0.5, 0.6) is 5.75 Å². The number of nitrogens with zero attached hydrogens (tertiary/aromatic N) is 2. The minimum Gasteiger partial charge on any atom is -0.490 e. The number of hydrogen-bond acceptors (Lipinski definition) is 6. The molecule has 0 spiro atoms. The standard InChI is InChI=1S/C14H21N3O5S/c1-10(15)12-5-3-4-8-16(12)23(20,21)11-6-7-14(22-2)13(9-11)17(18)19/h6-7,9-10,12H,3-5,8,15H2,1-2H3. The van der Waals surface area contributed by atoms with Crippen LogP contribution in [0.25, 0.3) is 0 Å². The second kappa shape index (κ2) is 6.81. The van der Waals surface area contributed by atoms with E-state index in [-0.39, 0.29) is 28.4 Å². The summed E-state index contributed by atoms with van der Waals surface area (Å²) in [6.45, 7) is 2.14. The molecule has 1 saturated heterocycles. The molecule has 0 amide bonds. The number of sulfonamides is 1. The average Bonchev–Trinajstić information content (AvgIpc) is 2.54. The maximum atomic E-state index is 12.9. The predicted octanol–water partition coefficient (Wildman–Crippen LogP) is 1.49. The number of hydrogen-bond donors (Lipinski definition) is 1. The predicted molar refractivity (Wildman–Crippen MR) is 84.8 cm³/mol. The van der Waals surface area contributed by atoms with Crippen molar-refractivity contribution in [1.29, 1.82) is 0 Å². The van der Waals surface area contributed by atoms with E-state index in [9.17, 15) is 18.5 Å². The SMILES string of the molecule is COc1ccc(S(=O)(=O)N2CCCCC2C(C)N)cc1[N+](=O)[O-]. The summed E-state index contributed by atoms with van der Waals surface area (Å²) >= 11 is 0. The number of nitro groups is 1. The van der Waals surface area contributed by atoms with E-state index < -0.39 is 14.9 Å². The quantitative estimate of drug-likeness (QED) is 0.639. The third kappa shape index (κ3) is 3.46. The molecule has 1 aliphatic rings. The van der Waals surface area contributed by atoms with Crippen LogP contribution in [0, 0.1) is 10.1 Å². The molecule has 8 nitrogen and oxygen atoms in total. The highest BCUT2D eigenvalue weighted by molar-refractivity contribution is 7.89. The average molecular weight is 343 g/mol. The molecule has 128 valence electrons. The number of nitro benzene ring substituents is 1. The summed E-state index contributed by atoms with van der Waals surface area (Å²) in [4.78, 5) is 10.3. The van der Waals surface area contributed by atoms with Gasteiger partial charge in [0, 0.05) is 24.7 Å². The van der Waals surface area contributed by atoms with Crippen LogP contribution in [-0.2, 0) is 10.0 Å². The van der Waals surface area contributed by atoms with E-state index in [0.717, 1.165) is 18.9 Å². The van der Waals surface area contributed by atoms with Crippen molar-refractivity contribution in [3.05, 3.63) is 28.3 Å². The van der Waals surface area contributed by atoms with Crippen LogP contribution in [0.2, 0.25) is 0 Å². The molecule has 0 aromatic heterocycles. The molecule has 1 heterocycles. The van der Waals surface area contributed by atoms with E-state index in [4.69, 9.17) is 10.5 Å². The summed E-state index contributed by atoms with van der Waals surface area (Å²) < 4.78 is 32.0. The van der Waals surface area contributed by atoms with Crippen molar-refractivity contribution >= 4 is 15.7 Å². The molecule has 2 unspecified atom stereocenters. The fourth-order valence-corrected chi connectivity index (χ4v) is 4.66. The van der Waals surface area contributed by atoms with Gasteiger partial charge in [0.05, 0.1) is 16.9 Å². The van der Waals surface area contributed by atoms with Crippen LogP contribution >= 0.6 is 0 Å². The molecule has 9 heteroatoms. The first kappa shape index (κ1) is 17.6. The van der Waals surface area contributed by atoms with E-state index in [1.165, 1.54) is 23.5 Å². The van der Waals surface area contributed by atoms with Gasteiger partial charge in [-0.2, -0.15) is 4.31 Å². The number of methoxy groups -OCH3 is 1. The van der Waals surface area contributed by atoms with E-state index in [1.807, 2.05) is 0 Å². The first-order valence-corrected chi connectivity index (χ1v) is 8.83. The monoisotopic (exact) mass is 343 g/mol. The van der Waals surface area contributed by atoms with Crippen LogP contribution < -0.4 is 10.5 Å². The Morgan fingerprint density at radius 3 is 2.70 bits per heavy atom. The van der Waals surface area contributed by atoms with Crippen molar-refractivity contribution in [1.82, 2.24) is 4.31 Å². The summed E-state index contributed by atoms with van der Waals surface area (Å²) in [5, 5.41) is 11.1. The van der Waals surface area contributed by atoms with Crippen LogP contribution in [0.3, 0.4) is 0 Å². The van der Waals surface area contributed by atoms with Gasteiger partial charge >= 0.3 is 5.69 Å². The van der Waals surface area contributed by atoms with Crippen molar-refractivity contribution < 1.29 is 18.1 Å². The summed E-state index contributed by atoms with van der Waals surface area (Å²) in [6, 6.07) is 3.07. The lowest BCUT2D eigenvalue weighted by Gasteiger charge is -2.36. The third-order valence-corrected chi connectivity index (χ3v) is 5.98. The van der Waals surface area contributed by atoms with Crippen molar-refractivity contribution in [3.8, 4) is 5.75 Å². The van der Waals surface area contributed by atoms with Gasteiger partial charge in [0.25, 0.3) is 0 Å². The zero-order valence-corrected chi connectivity index (χ0v) is 14.0. The zero-order valence-electron chi connectivity index (χ0n) is 13.1. The van der Waals surface area contributed by atoms with Crippen LogP contribution in [-0.4, -0.2) is 43.4 Å². The Kier molecular flexibility index (Phi) is 5.23. The molecule has 1 aromatic rings. The molecule has 0 aliphatic carbocycles. The molecule has 2 atom stereocenters. The van der Waals surface area contributed by atoms with Gasteiger partial charge in [-0.15, -0.1) is 0 Å². The van der Waals surface area contributed by atoms with E-state index >= 15 is 0 Å². The van der Waals surface area contributed by atoms with Crippen LogP contribution in [0.1, 0.15) is 26.2 Å². The fourth-order valence-electron chi connectivity index (χ4n) is 2.86. The highest BCUT2D eigenvalue weighted by Gasteiger charge is 2.36. The Morgan fingerprint density at radius 1 is 1.43 bits per heavy atom. The lowest BCUT2D eigenvalue weighted by molar-refractivity contribution is -0.386. The highest BCUT2D eigenvalue weighted by atomic mass is 32.2. The molecule has 2 rings (SSSR count). The molecule has 0 bridgehead atoms. The summed E-state index contributed by atoms with van der Waals surface area (Å²) in [5.74, 6) is 0.0244. The van der Waals surface area contributed by atoms with E-state index in [1.54, 1.807) is 6.92 Å². The maximum Gasteiger partial charge on any atom is 0.312 e. The molecule has 1 fully saturated rings. The fraction of sp³-hybridized carbons (Fsp3) is 0.571. The molecule has 0 radical (unpaired) electrons. The number of piperidine rings is 1. The zero-order chi connectivity index (χ0) is 17.2. The second-order valence-corrected chi connectivity index (χ2v) is 7.52. The summed E-state index contributed by atoms with van der Waals surface area (Å²) in [7, 11) is -2.55. The van der Waals surface area contributed by atoms with Crippen molar-refractivity contribution in [2.24, 2.45) is 5.73 Å². The number of nitrogens with two attached hydrogens (primary N) is 1. The van der Waals surface area contributed by atoms with Gasteiger partial charge in [0.2, 0.25) is 10.0 Å². The maximum absolute atomic E-state index is 12.9. The van der Waals surface area contributed by atoms with Gasteiger partial charge < -0.3 is 10.5 Å². The lowest BCUT2D eigenvalue weighted by atomic mass is 10.00. The number of rotatable bonds is 5. The lowest BCUT2D eigenvalue weighted by Crippen LogP contribution is -2.51. The normalized spacial score (nSPS) is 20.9. The molecule has 1 aromatic carbocycles. The van der Waals surface area contributed by atoms with Crippen molar-refractivity contribution in [2.75, 3.05) is 13.7 Å². The van der Waals surface area contributed by atoms with Gasteiger partial charge in [-0.1, -0.05) is 6.42 Å². The molecule has 1 aliphatic heterocycles. The van der Waals surface area contributed by atoms with Crippen molar-refractivity contribution in [3.63, 3.8) is 0 Å². The molecule has 0 saturated carbocycles. The van der Waals surface area contributed by atoms with Gasteiger partial charge in [-0.25, -0.2) is 8.42 Å². The van der Waals surface area contributed by atoms with Crippen LogP contribution in [0.15, 0.2) is 23.1 Å². The van der Waals surface area contributed by atoms with Gasteiger partial charge in [-0.3, -0.25) is 10.1 Å². The van der Waals surface area contributed by atoms with E-state index in [0.29, 0.717) is 13.0 Å². The topological polar surface area (TPSA) is 116 Å². The number of ether oxygens (including phenoxy) is 1. The molecule has 2 N–H and O–H groups in total. The third-order valence-electron chi connectivity index (χ3n) is 4.06. The van der Waals surface area contributed by atoms with Gasteiger partial charge in [0.1, 0.15) is 0 Å². The number of benzene rings is 1. The van der Waals surface area contributed by atoms with Crippen LogP contribution in [0.4, 0.5) is 5.69 Å². The van der Waals surface area contributed by atoms with Gasteiger partial charge in [0.15, 0.2) is 5.75 Å². The molecular formula is C14H21N3O5S. The first-order valence-electron chi connectivity index (χ1n) is 7.39. The molecule has 23 heavy (non-hydrogen) atoms. The highest BCUT2D eigenvalue weighted by Crippen LogP contribution is 2.32. The summed E-state index contributed by atoms with van der Waals surface area (Å²) in [5.41, 5.74) is 5.55. The Hall–Kier alpha value is -1.71. The minimum absolute atomic E-state index is 0.0244. The van der Waals surface area contributed by atoms with E-state index in [2.05, 4.69) is 0 Å². The molecular weight excluding hydrogens is 322 g/mol. The van der Waals surface area contributed by atoms with Crippen molar-refractivity contribution in [2.45, 2.75) is 43.2 Å². The largest absolute Gasteiger partial charge is 0.490 e. The first-order chi connectivity index (χ1) is 10.8. The summed E-state index contributed by atoms with van der Waals surface area (Å²) in [6.07, 6.45) is 2.36. The van der Waals surface area contributed by atoms with Gasteiger partial charge in [-0.05, 0) is 31.9 Å². The Balaban J connectivity index is 2.46. The minimum atomic E-state index is -3.84.